The maximum absolute atomic E-state index is 12.7. The molecule has 0 bridgehead atoms. The molecule has 1 aliphatic rings. The van der Waals surface area contributed by atoms with Crippen molar-refractivity contribution in [2.24, 2.45) is 0 Å². The topological polar surface area (TPSA) is 79.5 Å². The van der Waals surface area contributed by atoms with E-state index in [0.29, 0.717) is 49.3 Å². The summed E-state index contributed by atoms with van der Waals surface area (Å²) >= 11 is 3.33. The number of hydrogen-bond donors (Lipinski definition) is 0. The summed E-state index contributed by atoms with van der Waals surface area (Å²) in [5.74, 6) is 1.25. The van der Waals surface area contributed by atoms with Gasteiger partial charge in [0.15, 0.2) is 5.82 Å². The first kappa shape index (κ1) is 19.5. The van der Waals surface area contributed by atoms with Gasteiger partial charge in [-0.25, -0.2) is 8.42 Å². The molecule has 1 aromatic heterocycles. The molecule has 0 amide bonds. The summed E-state index contributed by atoms with van der Waals surface area (Å²) in [6.45, 7) is 8.79. The van der Waals surface area contributed by atoms with E-state index in [-0.39, 0.29) is 5.41 Å². The summed E-state index contributed by atoms with van der Waals surface area (Å²) in [6, 6.07) is 6.73. The summed E-state index contributed by atoms with van der Waals surface area (Å²) in [5.41, 5.74) is -0.178. The van der Waals surface area contributed by atoms with Crippen LogP contribution in [0.2, 0.25) is 0 Å². The van der Waals surface area contributed by atoms with Crippen LogP contribution in [0.3, 0.4) is 0 Å². The molecule has 0 spiro atoms. The minimum atomic E-state index is -3.45. The monoisotopic (exact) mass is 442 g/mol. The Hall–Kier alpha value is -1.29. The van der Waals surface area contributed by atoms with E-state index in [9.17, 15) is 8.42 Å². The van der Waals surface area contributed by atoms with Crippen LogP contribution in [0.15, 0.2) is 38.2 Å². The van der Waals surface area contributed by atoms with Crippen LogP contribution >= 0.6 is 15.9 Å². The molecule has 1 aliphatic heterocycles. The summed E-state index contributed by atoms with van der Waals surface area (Å²) in [6.07, 6.45) is 0. The normalized spacial score (nSPS) is 17.5. The lowest BCUT2D eigenvalue weighted by atomic mass is 9.97. The fourth-order valence-electron chi connectivity index (χ4n) is 2.71. The molecule has 26 heavy (non-hydrogen) atoms. The molecular weight excluding hydrogens is 420 g/mol. The molecule has 2 aromatic rings. The van der Waals surface area contributed by atoms with Crippen molar-refractivity contribution in [2.75, 3.05) is 26.2 Å². The number of rotatable bonds is 4. The van der Waals surface area contributed by atoms with E-state index in [2.05, 4.69) is 31.0 Å². The van der Waals surface area contributed by atoms with E-state index in [1.165, 1.54) is 4.31 Å². The van der Waals surface area contributed by atoms with Gasteiger partial charge < -0.3 is 4.52 Å². The van der Waals surface area contributed by atoms with Gasteiger partial charge in [0.05, 0.1) is 11.4 Å². The molecule has 0 unspecified atom stereocenters. The molecular formula is C17H23BrN4O3S. The Labute approximate surface area is 162 Å². The Morgan fingerprint density at radius 2 is 1.73 bits per heavy atom. The summed E-state index contributed by atoms with van der Waals surface area (Å²) < 4.78 is 33.2. The number of aromatic nitrogens is 2. The van der Waals surface area contributed by atoms with E-state index in [4.69, 9.17) is 4.52 Å². The van der Waals surface area contributed by atoms with Crippen molar-refractivity contribution in [2.45, 2.75) is 37.6 Å². The van der Waals surface area contributed by atoms with Gasteiger partial charge >= 0.3 is 0 Å². The molecule has 3 rings (SSSR count). The smallest absolute Gasteiger partial charge is 0.243 e. The van der Waals surface area contributed by atoms with E-state index < -0.39 is 10.0 Å². The maximum Gasteiger partial charge on any atom is 0.243 e. The van der Waals surface area contributed by atoms with Crippen molar-refractivity contribution < 1.29 is 12.9 Å². The minimum absolute atomic E-state index is 0.178. The molecule has 1 aromatic carbocycles. The lowest BCUT2D eigenvalue weighted by Gasteiger charge is -2.33. The van der Waals surface area contributed by atoms with Crippen LogP contribution in [0.25, 0.3) is 0 Å². The Morgan fingerprint density at radius 3 is 2.27 bits per heavy atom. The first-order valence-corrected chi connectivity index (χ1v) is 10.7. The fourth-order valence-corrected chi connectivity index (χ4v) is 4.39. The molecule has 0 saturated carbocycles. The van der Waals surface area contributed by atoms with Crippen molar-refractivity contribution in [3.8, 4) is 0 Å². The highest BCUT2D eigenvalue weighted by atomic mass is 79.9. The Bertz CT molecular complexity index is 851. The van der Waals surface area contributed by atoms with Gasteiger partial charge in [-0.3, -0.25) is 4.90 Å². The van der Waals surface area contributed by atoms with Crippen LogP contribution < -0.4 is 0 Å². The number of nitrogens with zero attached hydrogens (tertiary/aromatic N) is 4. The third-order valence-electron chi connectivity index (χ3n) is 4.26. The Kier molecular flexibility index (Phi) is 5.53. The van der Waals surface area contributed by atoms with Crippen LogP contribution in [0.1, 0.15) is 32.5 Å². The predicted octanol–water partition coefficient (Wildman–Crippen LogP) is 2.64. The molecule has 0 radical (unpaired) electrons. The highest BCUT2D eigenvalue weighted by Gasteiger charge is 2.29. The van der Waals surface area contributed by atoms with Crippen LogP contribution in [-0.4, -0.2) is 53.9 Å². The highest BCUT2D eigenvalue weighted by molar-refractivity contribution is 9.10. The zero-order chi connectivity index (χ0) is 18.9. The predicted molar refractivity (Wildman–Crippen MR) is 101 cm³/mol. The van der Waals surface area contributed by atoms with Crippen LogP contribution in [0.4, 0.5) is 0 Å². The number of hydrogen-bond acceptors (Lipinski definition) is 6. The van der Waals surface area contributed by atoms with Gasteiger partial charge in [-0.2, -0.15) is 9.29 Å². The van der Waals surface area contributed by atoms with Crippen molar-refractivity contribution in [3.05, 3.63) is 40.5 Å². The number of sulfonamides is 1. The fraction of sp³-hybridized carbons (Fsp3) is 0.529. The summed E-state index contributed by atoms with van der Waals surface area (Å²) in [5, 5.41) is 4.04. The molecule has 9 heteroatoms. The zero-order valence-electron chi connectivity index (χ0n) is 15.1. The first-order chi connectivity index (χ1) is 12.2. The third-order valence-corrected chi connectivity index (χ3v) is 6.70. The highest BCUT2D eigenvalue weighted by Crippen LogP contribution is 2.22. The van der Waals surface area contributed by atoms with Crippen LogP contribution in [-0.2, 0) is 22.0 Å². The first-order valence-electron chi connectivity index (χ1n) is 8.47. The lowest BCUT2D eigenvalue weighted by molar-refractivity contribution is 0.176. The molecule has 1 saturated heterocycles. The van der Waals surface area contributed by atoms with Crippen LogP contribution in [0.5, 0.6) is 0 Å². The molecule has 142 valence electrons. The lowest BCUT2D eigenvalue weighted by Crippen LogP contribution is -2.48. The molecule has 1 fully saturated rings. The Morgan fingerprint density at radius 1 is 1.12 bits per heavy atom. The quantitative estimate of drug-likeness (QED) is 0.723. The van der Waals surface area contributed by atoms with Crippen molar-refractivity contribution >= 4 is 26.0 Å². The molecule has 0 atom stereocenters. The van der Waals surface area contributed by atoms with Gasteiger partial charge in [0.25, 0.3) is 0 Å². The van der Waals surface area contributed by atoms with Gasteiger partial charge in [0, 0.05) is 36.1 Å². The van der Waals surface area contributed by atoms with E-state index >= 15 is 0 Å². The van der Waals surface area contributed by atoms with Crippen molar-refractivity contribution in [1.82, 2.24) is 19.3 Å². The second kappa shape index (κ2) is 7.38. The summed E-state index contributed by atoms with van der Waals surface area (Å²) in [4.78, 5) is 6.91. The third kappa shape index (κ3) is 4.33. The number of benzene rings is 1. The molecule has 0 aliphatic carbocycles. The largest absolute Gasteiger partial charge is 0.339 e. The Balaban J connectivity index is 1.60. The standard InChI is InChI=1S/C17H23BrN4O3S/c1-17(2,3)16-19-15(20-25-16)12-21-8-10-22(11-9-21)26(23,24)14-6-4-13(18)5-7-14/h4-7H,8-12H2,1-3H3. The van der Waals surface area contributed by atoms with Gasteiger partial charge in [-0.05, 0) is 24.3 Å². The number of halogens is 1. The molecule has 2 heterocycles. The van der Waals surface area contributed by atoms with Crippen molar-refractivity contribution in [3.63, 3.8) is 0 Å². The van der Waals surface area contributed by atoms with Gasteiger partial charge in [-0.1, -0.05) is 41.9 Å². The van der Waals surface area contributed by atoms with Gasteiger partial charge in [0.2, 0.25) is 15.9 Å². The second-order valence-corrected chi connectivity index (χ2v) is 10.3. The number of piperazine rings is 1. The molecule has 7 nitrogen and oxygen atoms in total. The zero-order valence-corrected chi connectivity index (χ0v) is 17.5. The maximum atomic E-state index is 12.7. The average molecular weight is 443 g/mol. The van der Waals surface area contributed by atoms with Crippen molar-refractivity contribution in [1.29, 1.82) is 0 Å². The SMILES string of the molecule is CC(C)(C)c1nc(CN2CCN(S(=O)(=O)c3ccc(Br)cc3)CC2)no1. The van der Waals surface area contributed by atoms with Gasteiger partial charge in [-0.15, -0.1) is 0 Å². The average Bonchev–Trinajstić information content (AvgIpc) is 3.05. The summed E-state index contributed by atoms with van der Waals surface area (Å²) in [7, 11) is -3.45. The van der Waals surface area contributed by atoms with Crippen LogP contribution in [0, 0.1) is 0 Å². The van der Waals surface area contributed by atoms with E-state index in [0.717, 1.165) is 4.47 Å². The minimum Gasteiger partial charge on any atom is -0.339 e. The van der Waals surface area contributed by atoms with Gasteiger partial charge in [0.1, 0.15) is 0 Å². The second-order valence-electron chi connectivity index (χ2n) is 7.40. The van der Waals surface area contributed by atoms with E-state index in [1.54, 1.807) is 24.3 Å². The van der Waals surface area contributed by atoms with E-state index in [1.807, 2.05) is 20.8 Å². The molecule has 0 N–H and O–H groups in total.